The van der Waals surface area contributed by atoms with Crippen LogP contribution >= 0.6 is 0 Å². The van der Waals surface area contributed by atoms with Gasteiger partial charge in [0.25, 0.3) is 0 Å². The van der Waals surface area contributed by atoms with E-state index in [0.717, 1.165) is 11.1 Å². The molecule has 7 heteroatoms. The molecule has 3 heterocycles. The van der Waals surface area contributed by atoms with Crippen LogP contribution in [0.1, 0.15) is 22.7 Å². The summed E-state index contributed by atoms with van der Waals surface area (Å²) in [6.07, 6.45) is 1.12. The molecule has 5 rings (SSSR count). The van der Waals surface area contributed by atoms with Crippen LogP contribution in [0, 0.1) is 11.7 Å². The Bertz CT molecular complexity index is 1140. The average Bonchev–Trinajstić information content (AvgIpc) is 3.44. The van der Waals surface area contributed by atoms with E-state index in [0.29, 0.717) is 31.7 Å². The Labute approximate surface area is 198 Å². The van der Waals surface area contributed by atoms with Gasteiger partial charge in [-0.3, -0.25) is 14.7 Å². The number of ether oxygens (including phenoxy) is 1. The topological polar surface area (TPSA) is 62.7 Å². The van der Waals surface area contributed by atoms with Crippen LogP contribution in [-0.4, -0.2) is 52.5 Å². The standard InChI is InChI=1S/C27H26FN3O3/c28-21-11-12-25(29-14-21)23-16-30(15-20-9-5-2-6-10-20)17-24(23)26(32)31-22(18-34-27(31)33)13-19-7-3-1-4-8-19/h1-12,14,22-24H,13,15-18H2/t22-,23-,24-/m1/s1. The summed E-state index contributed by atoms with van der Waals surface area (Å²) < 4.78 is 18.8. The molecule has 2 amide bonds. The largest absolute Gasteiger partial charge is 0.447 e. The van der Waals surface area contributed by atoms with Crippen LogP contribution in [0.4, 0.5) is 9.18 Å². The van der Waals surface area contributed by atoms with E-state index in [1.54, 1.807) is 6.07 Å². The molecule has 2 aliphatic rings. The SMILES string of the molecule is O=C1OC[C@@H](Cc2ccccc2)N1C(=O)[C@@H]1CN(Cc2ccccc2)C[C@H]1c1ccc(F)cn1. The number of amides is 2. The minimum absolute atomic E-state index is 0.180. The van der Waals surface area contributed by atoms with Crippen LogP contribution in [0.5, 0.6) is 0 Å². The molecule has 2 aromatic carbocycles. The highest BCUT2D eigenvalue weighted by molar-refractivity contribution is 5.95. The second kappa shape index (κ2) is 9.73. The van der Waals surface area contributed by atoms with E-state index in [1.165, 1.54) is 17.2 Å². The summed E-state index contributed by atoms with van der Waals surface area (Å²) in [7, 11) is 0. The number of likely N-dealkylation sites (tertiary alicyclic amines) is 1. The molecule has 34 heavy (non-hydrogen) atoms. The van der Waals surface area contributed by atoms with Gasteiger partial charge in [-0.15, -0.1) is 0 Å². The second-order valence-electron chi connectivity index (χ2n) is 8.92. The van der Waals surface area contributed by atoms with E-state index in [4.69, 9.17) is 4.74 Å². The summed E-state index contributed by atoms with van der Waals surface area (Å²) in [5.41, 5.74) is 2.84. The highest BCUT2D eigenvalue weighted by Crippen LogP contribution is 2.35. The number of aromatic nitrogens is 1. The molecule has 0 saturated carbocycles. The fraction of sp³-hybridized carbons (Fsp3) is 0.296. The Kier molecular flexibility index (Phi) is 6.36. The molecule has 3 aromatic rings. The zero-order valence-electron chi connectivity index (χ0n) is 18.7. The van der Waals surface area contributed by atoms with Gasteiger partial charge in [-0.05, 0) is 29.7 Å². The molecule has 1 aromatic heterocycles. The van der Waals surface area contributed by atoms with Crippen LogP contribution in [0.3, 0.4) is 0 Å². The molecule has 0 radical (unpaired) electrons. The minimum atomic E-state index is -0.599. The van der Waals surface area contributed by atoms with Gasteiger partial charge in [-0.1, -0.05) is 60.7 Å². The van der Waals surface area contributed by atoms with Gasteiger partial charge < -0.3 is 4.74 Å². The number of hydrogen-bond donors (Lipinski definition) is 0. The van der Waals surface area contributed by atoms with Crippen molar-refractivity contribution in [3.05, 3.63) is 102 Å². The normalized spacial score (nSPS) is 22.7. The van der Waals surface area contributed by atoms with Crippen molar-refractivity contribution >= 4 is 12.0 Å². The smallest absolute Gasteiger partial charge is 0.416 e. The molecule has 3 atom stereocenters. The fourth-order valence-corrected chi connectivity index (χ4v) is 4.96. The second-order valence-corrected chi connectivity index (χ2v) is 8.92. The van der Waals surface area contributed by atoms with E-state index in [1.807, 2.05) is 60.7 Å². The maximum absolute atomic E-state index is 13.8. The van der Waals surface area contributed by atoms with Crippen LogP contribution in [-0.2, 0) is 22.5 Å². The number of pyridine rings is 1. The van der Waals surface area contributed by atoms with Gasteiger partial charge in [0.05, 0.1) is 18.2 Å². The molecular weight excluding hydrogens is 433 g/mol. The van der Waals surface area contributed by atoms with E-state index < -0.39 is 17.8 Å². The summed E-state index contributed by atoms with van der Waals surface area (Å²) >= 11 is 0. The molecule has 0 spiro atoms. The molecule has 2 aliphatic heterocycles. The lowest BCUT2D eigenvalue weighted by molar-refractivity contribution is -0.133. The van der Waals surface area contributed by atoms with Crippen molar-refractivity contribution in [2.24, 2.45) is 5.92 Å². The van der Waals surface area contributed by atoms with Crippen molar-refractivity contribution in [1.29, 1.82) is 0 Å². The van der Waals surface area contributed by atoms with Crippen LogP contribution < -0.4 is 0 Å². The Morgan fingerprint density at radius 2 is 1.68 bits per heavy atom. The fourth-order valence-electron chi connectivity index (χ4n) is 4.96. The molecule has 2 saturated heterocycles. The third-order valence-corrected chi connectivity index (χ3v) is 6.60. The molecule has 174 valence electrons. The first-order valence-electron chi connectivity index (χ1n) is 11.5. The van der Waals surface area contributed by atoms with Crippen LogP contribution in [0.15, 0.2) is 79.0 Å². The van der Waals surface area contributed by atoms with Crippen molar-refractivity contribution in [2.45, 2.75) is 24.9 Å². The zero-order valence-corrected chi connectivity index (χ0v) is 18.7. The lowest BCUT2D eigenvalue weighted by Gasteiger charge is -2.25. The highest BCUT2D eigenvalue weighted by atomic mass is 19.1. The molecule has 0 unspecified atom stereocenters. The first-order chi connectivity index (χ1) is 16.6. The van der Waals surface area contributed by atoms with Gasteiger partial charge in [0.2, 0.25) is 5.91 Å². The number of imide groups is 1. The average molecular weight is 460 g/mol. The van der Waals surface area contributed by atoms with Gasteiger partial charge in [0.1, 0.15) is 12.4 Å². The maximum Gasteiger partial charge on any atom is 0.416 e. The molecule has 2 fully saturated rings. The Morgan fingerprint density at radius 3 is 2.35 bits per heavy atom. The first kappa shape index (κ1) is 22.2. The van der Waals surface area contributed by atoms with Gasteiger partial charge in [-0.2, -0.15) is 0 Å². The number of carbonyl (C=O) groups excluding carboxylic acids is 2. The Morgan fingerprint density at radius 1 is 0.971 bits per heavy atom. The first-order valence-corrected chi connectivity index (χ1v) is 11.5. The van der Waals surface area contributed by atoms with E-state index >= 15 is 0 Å². The Balaban J connectivity index is 1.40. The summed E-state index contributed by atoms with van der Waals surface area (Å²) in [4.78, 5) is 34.2. The number of hydrogen-bond acceptors (Lipinski definition) is 5. The predicted octanol–water partition coefficient (Wildman–Crippen LogP) is 4.03. The van der Waals surface area contributed by atoms with Crippen molar-refractivity contribution in [1.82, 2.24) is 14.8 Å². The Hall–Kier alpha value is -3.58. The number of benzene rings is 2. The molecule has 6 nitrogen and oxygen atoms in total. The molecule has 0 aliphatic carbocycles. The van der Waals surface area contributed by atoms with Gasteiger partial charge >= 0.3 is 6.09 Å². The number of carbonyl (C=O) groups is 2. The van der Waals surface area contributed by atoms with E-state index in [9.17, 15) is 14.0 Å². The maximum atomic E-state index is 13.8. The summed E-state index contributed by atoms with van der Waals surface area (Å²) in [6.45, 7) is 1.94. The molecule has 0 bridgehead atoms. The number of cyclic esters (lactones) is 1. The van der Waals surface area contributed by atoms with E-state index in [2.05, 4.69) is 9.88 Å². The van der Waals surface area contributed by atoms with Crippen molar-refractivity contribution < 1.29 is 18.7 Å². The summed E-state index contributed by atoms with van der Waals surface area (Å²) in [5.74, 6) is -1.40. The molecule has 0 N–H and O–H groups in total. The summed E-state index contributed by atoms with van der Waals surface area (Å²) in [5, 5.41) is 0. The van der Waals surface area contributed by atoms with Crippen molar-refractivity contribution in [3.8, 4) is 0 Å². The van der Waals surface area contributed by atoms with Crippen molar-refractivity contribution in [2.75, 3.05) is 19.7 Å². The van der Waals surface area contributed by atoms with Crippen LogP contribution in [0.25, 0.3) is 0 Å². The lowest BCUT2D eigenvalue weighted by Crippen LogP contribution is -2.45. The lowest BCUT2D eigenvalue weighted by atomic mass is 9.90. The van der Waals surface area contributed by atoms with Gasteiger partial charge in [0, 0.05) is 31.2 Å². The number of halogens is 1. The molecular formula is C27H26FN3O3. The van der Waals surface area contributed by atoms with Gasteiger partial charge in [-0.25, -0.2) is 14.1 Å². The third-order valence-electron chi connectivity index (χ3n) is 6.60. The van der Waals surface area contributed by atoms with Crippen LogP contribution in [0.2, 0.25) is 0 Å². The monoisotopic (exact) mass is 459 g/mol. The minimum Gasteiger partial charge on any atom is -0.447 e. The number of rotatable bonds is 6. The summed E-state index contributed by atoms with van der Waals surface area (Å²) in [6, 6.07) is 22.5. The van der Waals surface area contributed by atoms with Crippen molar-refractivity contribution in [3.63, 3.8) is 0 Å². The van der Waals surface area contributed by atoms with E-state index in [-0.39, 0.29) is 24.5 Å². The third kappa shape index (κ3) is 4.70. The van der Waals surface area contributed by atoms with Gasteiger partial charge in [0.15, 0.2) is 0 Å². The zero-order chi connectivity index (χ0) is 23.5. The number of nitrogens with zero attached hydrogens (tertiary/aromatic N) is 3. The quantitative estimate of drug-likeness (QED) is 0.557. The predicted molar refractivity (Wildman–Crippen MR) is 124 cm³/mol. The highest BCUT2D eigenvalue weighted by Gasteiger charge is 2.47.